The Morgan fingerprint density at radius 1 is 1.39 bits per heavy atom. The molecule has 6 heteroatoms. The van der Waals surface area contributed by atoms with Crippen molar-refractivity contribution in [1.82, 2.24) is 10.3 Å². The number of halogens is 2. The Balaban J connectivity index is 2.07. The summed E-state index contributed by atoms with van der Waals surface area (Å²) in [5.41, 5.74) is 0.418. The lowest BCUT2D eigenvalue weighted by molar-refractivity contribution is 0.0722. The van der Waals surface area contributed by atoms with E-state index < -0.39 is 0 Å². The molecule has 0 aliphatic heterocycles. The summed E-state index contributed by atoms with van der Waals surface area (Å²) in [6.07, 6.45) is 3.04. The predicted molar refractivity (Wildman–Crippen MR) is 70.2 cm³/mol. The number of methoxy groups -OCH3 is 1. The molecule has 1 aromatic rings. The summed E-state index contributed by atoms with van der Waals surface area (Å²) in [7, 11) is 1.66. The van der Waals surface area contributed by atoms with Gasteiger partial charge in [-0.25, -0.2) is 4.98 Å². The van der Waals surface area contributed by atoms with Gasteiger partial charge in [-0.05, 0) is 31.4 Å². The van der Waals surface area contributed by atoms with E-state index in [-0.39, 0.29) is 28.4 Å². The van der Waals surface area contributed by atoms with Crippen LogP contribution in [0.4, 0.5) is 0 Å². The lowest BCUT2D eigenvalue weighted by Crippen LogP contribution is -2.40. The third kappa shape index (κ3) is 3.13. The van der Waals surface area contributed by atoms with Crippen molar-refractivity contribution in [3.8, 4) is 0 Å². The maximum Gasteiger partial charge on any atom is 0.251 e. The third-order valence-corrected chi connectivity index (χ3v) is 3.48. The van der Waals surface area contributed by atoms with Gasteiger partial charge < -0.3 is 10.1 Å². The first-order valence-electron chi connectivity index (χ1n) is 5.77. The molecule has 1 aliphatic carbocycles. The molecule has 1 N–H and O–H groups in total. The average Bonchev–Trinajstić information content (AvgIpc) is 2.75. The monoisotopic (exact) mass is 288 g/mol. The SMILES string of the molecule is COC1CCCC1NC(=O)c1cc(Cl)nc(Cl)c1. The van der Waals surface area contributed by atoms with Crippen LogP contribution in [0.2, 0.25) is 10.3 Å². The quantitative estimate of drug-likeness (QED) is 0.870. The fourth-order valence-electron chi connectivity index (χ4n) is 2.22. The molecule has 0 radical (unpaired) electrons. The van der Waals surface area contributed by atoms with Crippen molar-refractivity contribution in [2.24, 2.45) is 0 Å². The first-order valence-corrected chi connectivity index (χ1v) is 6.52. The Bertz CT molecular complexity index is 433. The van der Waals surface area contributed by atoms with Gasteiger partial charge in [0.1, 0.15) is 10.3 Å². The first kappa shape index (κ1) is 13.6. The van der Waals surface area contributed by atoms with Gasteiger partial charge in [-0.2, -0.15) is 0 Å². The zero-order valence-corrected chi connectivity index (χ0v) is 11.5. The second-order valence-corrected chi connectivity index (χ2v) is 5.06. The molecule has 0 bridgehead atoms. The highest BCUT2D eigenvalue weighted by Crippen LogP contribution is 2.22. The van der Waals surface area contributed by atoms with Crippen LogP contribution in [0.5, 0.6) is 0 Å². The van der Waals surface area contributed by atoms with Gasteiger partial charge in [0.15, 0.2) is 0 Å². The van der Waals surface area contributed by atoms with E-state index in [1.54, 1.807) is 7.11 Å². The van der Waals surface area contributed by atoms with Crippen molar-refractivity contribution in [1.29, 1.82) is 0 Å². The van der Waals surface area contributed by atoms with Crippen molar-refractivity contribution in [2.45, 2.75) is 31.4 Å². The number of pyridine rings is 1. The van der Waals surface area contributed by atoms with Crippen LogP contribution < -0.4 is 5.32 Å². The maximum absolute atomic E-state index is 12.1. The van der Waals surface area contributed by atoms with E-state index >= 15 is 0 Å². The molecule has 2 unspecified atom stereocenters. The molecular weight excluding hydrogens is 275 g/mol. The van der Waals surface area contributed by atoms with E-state index in [4.69, 9.17) is 27.9 Å². The van der Waals surface area contributed by atoms with Gasteiger partial charge in [0.25, 0.3) is 5.91 Å². The number of amides is 1. The minimum atomic E-state index is -0.199. The van der Waals surface area contributed by atoms with Crippen molar-refractivity contribution >= 4 is 29.1 Å². The molecule has 4 nitrogen and oxygen atoms in total. The van der Waals surface area contributed by atoms with Crippen molar-refractivity contribution < 1.29 is 9.53 Å². The summed E-state index contributed by atoms with van der Waals surface area (Å²) in [6.45, 7) is 0. The van der Waals surface area contributed by atoms with E-state index in [1.807, 2.05) is 0 Å². The highest BCUT2D eigenvalue weighted by molar-refractivity contribution is 6.33. The van der Waals surface area contributed by atoms with Crippen LogP contribution in [0, 0.1) is 0 Å². The predicted octanol–water partition coefficient (Wildman–Crippen LogP) is 2.69. The number of hydrogen-bond acceptors (Lipinski definition) is 3. The van der Waals surface area contributed by atoms with E-state index in [0.717, 1.165) is 19.3 Å². The minimum Gasteiger partial charge on any atom is -0.379 e. The molecule has 2 rings (SSSR count). The molecule has 98 valence electrons. The van der Waals surface area contributed by atoms with Gasteiger partial charge in [-0.15, -0.1) is 0 Å². The number of nitrogens with one attached hydrogen (secondary N) is 1. The standard InChI is InChI=1S/C12H14Cl2N2O2/c1-18-9-4-2-3-8(9)15-12(17)7-5-10(13)16-11(14)6-7/h5-6,8-9H,2-4H2,1H3,(H,15,17). The van der Waals surface area contributed by atoms with Crippen LogP contribution in [0.15, 0.2) is 12.1 Å². The normalized spacial score (nSPS) is 23.1. The molecule has 1 amide bonds. The molecule has 18 heavy (non-hydrogen) atoms. The molecule has 0 saturated heterocycles. The fourth-order valence-corrected chi connectivity index (χ4v) is 2.68. The van der Waals surface area contributed by atoms with Gasteiger partial charge >= 0.3 is 0 Å². The van der Waals surface area contributed by atoms with Crippen LogP contribution in [0.1, 0.15) is 29.6 Å². The second kappa shape index (κ2) is 5.87. The van der Waals surface area contributed by atoms with E-state index in [1.165, 1.54) is 12.1 Å². The Morgan fingerprint density at radius 2 is 2.06 bits per heavy atom. The lowest BCUT2D eigenvalue weighted by atomic mass is 10.2. The number of nitrogens with zero attached hydrogens (tertiary/aromatic N) is 1. The van der Waals surface area contributed by atoms with Crippen LogP contribution in [-0.4, -0.2) is 30.1 Å². The number of ether oxygens (including phenoxy) is 1. The Kier molecular flexibility index (Phi) is 4.43. The lowest BCUT2D eigenvalue weighted by Gasteiger charge is -2.19. The summed E-state index contributed by atoms with van der Waals surface area (Å²) in [5.74, 6) is -0.199. The Morgan fingerprint density at radius 3 is 2.67 bits per heavy atom. The zero-order valence-electron chi connectivity index (χ0n) is 9.95. The highest BCUT2D eigenvalue weighted by atomic mass is 35.5. The van der Waals surface area contributed by atoms with Crippen molar-refractivity contribution in [2.75, 3.05) is 7.11 Å². The van der Waals surface area contributed by atoms with Crippen LogP contribution >= 0.6 is 23.2 Å². The molecule has 0 aromatic carbocycles. The van der Waals surface area contributed by atoms with Crippen LogP contribution in [0.3, 0.4) is 0 Å². The maximum atomic E-state index is 12.1. The first-order chi connectivity index (χ1) is 8.60. The molecular formula is C12H14Cl2N2O2. The summed E-state index contributed by atoms with van der Waals surface area (Å²) in [6, 6.07) is 3.05. The number of aromatic nitrogens is 1. The summed E-state index contributed by atoms with van der Waals surface area (Å²) < 4.78 is 5.33. The zero-order chi connectivity index (χ0) is 13.1. The molecule has 2 atom stereocenters. The summed E-state index contributed by atoms with van der Waals surface area (Å²) >= 11 is 11.5. The number of carbonyl (C=O) groups excluding carboxylic acids is 1. The number of rotatable bonds is 3. The van der Waals surface area contributed by atoms with E-state index in [0.29, 0.717) is 5.56 Å². The molecule has 1 fully saturated rings. The van der Waals surface area contributed by atoms with Gasteiger partial charge in [0, 0.05) is 12.7 Å². The van der Waals surface area contributed by atoms with Crippen LogP contribution in [0.25, 0.3) is 0 Å². The largest absolute Gasteiger partial charge is 0.379 e. The van der Waals surface area contributed by atoms with Gasteiger partial charge in [0.05, 0.1) is 12.1 Å². The third-order valence-electron chi connectivity index (χ3n) is 3.10. The molecule has 1 heterocycles. The van der Waals surface area contributed by atoms with Crippen LogP contribution in [-0.2, 0) is 4.74 Å². The fraction of sp³-hybridized carbons (Fsp3) is 0.500. The summed E-state index contributed by atoms with van der Waals surface area (Å²) in [4.78, 5) is 15.9. The van der Waals surface area contributed by atoms with E-state index in [2.05, 4.69) is 10.3 Å². The molecule has 1 aliphatic rings. The minimum absolute atomic E-state index is 0.0493. The highest BCUT2D eigenvalue weighted by Gasteiger charge is 2.28. The number of carbonyl (C=O) groups is 1. The molecule has 1 saturated carbocycles. The average molecular weight is 289 g/mol. The van der Waals surface area contributed by atoms with Crippen molar-refractivity contribution in [3.05, 3.63) is 28.0 Å². The summed E-state index contributed by atoms with van der Waals surface area (Å²) in [5, 5.41) is 3.36. The second-order valence-electron chi connectivity index (χ2n) is 4.29. The van der Waals surface area contributed by atoms with Gasteiger partial charge in [0.2, 0.25) is 0 Å². The van der Waals surface area contributed by atoms with Gasteiger partial charge in [-0.3, -0.25) is 4.79 Å². The smallest absolute Gasteiger partial charge is 0.251 e. The Hall–Kier alpha value is -0.840. The van der Waals surface area contributed by atoms with Crippen molar-refractivity contribution in [3.63, 3.8) is 0 Å². The molecule has 1 aromatic heterocycles. The molecule has 0 spiro atoms. The Labute approximate surface area is 116 Å². The number of hydrogen-bond donors (Lipinski definition) is 1. The topological polar surface area (TPSA) is 51.2 Å². The van der Waals surface area contributed by atoms with Gasteiger partial charge in [-0.1, -0.05) is 23.2 Å². The van der Waals surface area contributed by atoms with E-state index in [9.17, 15) is 4.79 Å².